The van der Waals surface area contributed by atoms with Crippen LogP contribution in [0.1, 0.15) is 44.6 Å². The molecule has 2 rings (SSSR count). The van der Waals surface area contributed by atoms with E-state index in [0.717, 1.165) is 31.2 Å². The van der Waals surface area contributed by atoms with Gasteiger partial charge in [-0.15, -0.1) is 0 Å². The predicted octanol–water partition coefficient (Wildman–Crippen LogP) is 2.97. The van der Waals surface area contributed by atoms with Gasteiger partial charge in [0.15, 0.2) is 0 Å². The molecule has 0 heterocycles. The minimum Gasteiger partial charge on any atom is -0.393 e. The van der Waals surface area contributed by atoms with Crippen molar-refractivity contribution in [2.24, 2.45) is 0 Å². The van der Waals surface area contributed by atoms with E-state index >= 15 is 0 Å². The molecule has 1 atom stereocenters. The summed E-state index contributed by atoms with van der Waals surface area (Å²) in [6, 6.07) is 8.16. The van der Waals surface area contributed by atoms with E-state index in [1.165, 1.54) is 0 Å². The zero-order chi connectivity index (χ0) is 16.8. The lowest BCUT2D eigenvalue weighted by molar-refractivity contribution is -0.130. The summed E-state index contributed by atoms with van der Waals surface area (Å²) >= 11 is 6.15. The van der Waals surface area contributed by atoms with Crippen molar-refractivity contribution in [2.45, 2.75) is 63.8 Å². The van der Waals surface area contributed by atoms with E-state index in [1.807, 2.05) is 38.2 Å². The summed E-state index contributed by atoms with van der Waals surface area (Å²) in [5, 5.41) is 13.8. The third-order valence-electron chi connectivity index (χ3n) is 4.49. The lowest BCUT2D eigenvalue weighted by Crippen LogP contribution is -2.42. The van der Waals surface area contributed by atoms with Crippen LogP contribution in [0.15, 0.2) is 24.3 Å². The van der Waals surface area contributed by atoms with Gasteiger partial charge in [0.1, 0.15) is 0 Å². The van der Waals surface area contributed by atoms with Gasteiger partial charge in [0.25, 0.3) is 0 Å². The molecule has 4 nitrogen and oxygen atoms in total. The maximum absolute atomic E-state index is 12.4. The molecular formula is C18H27ClN2O2. The summed E-state index contributed by atoms with van der Waals surface area (Å²) in [7, 11) is 1.81. The van der Waals surface area contributed by atoms with Crippen LogP contribution in [0.2, 0.25) is 5.02 Å². The molecule has 0 saturated heterocycles. The molecule has 0 aromatic heterocycles. The number of aliphatic hydroxyl groups is 1. The SMILES string of the molecule is CC(CC(=O)N(C)Cc1ccccc1Cl)NC1CCC(O)CC1. The maximum Gasteiger partial charge on any atom is 0.224 e. The van der Waals surface area contributed by atoms with E-state index < -0.39 is 0 Å². The molecule has 128 valence electrons. The van der Waals surface area contributed by atoms with Gasteiger partial charge in [-0.05, 0) is 44.2 Å². The Hall–Kier alpha value is -1.10. The molecule has 23 heavy (non-hydrogen) atoms. The topological polar surface area (TPSA) is 52.6 Å². The van der Waals surface area contributed by atoms with E-state index in [1.54, 1.807) is 4.90 Å². The maximum atomic E-state index is 12.4. The Labute approximate surface area is 143 Å². The summed E-state index contributed by atoms with van der Waals surface area (Å²) in [4.78, 5) is 14.1. The number of aliphatic hydroxyl groups excluding tert-OH is 1. The van der Waals surface area contributed by atoms with Crippen molar-refractivity contribution in [3.8, 4) is 0 Å². The molecule has 1 aliphatic carbocycles. The Morgan fingerprint density at radius 1 is 1.35 bits per heavy atom. The fraction of sp³-hybridized carbons (Fsp3) is 0.611. The molecule has 1 aliphatic rings. The Morgan fingerprint density at radius 3 is 2.65 bits per heavy atom. The third kappa shape index (κ3) is 5.79. The van der Waals surface area contributed by atoms with E-state index in [9.17, 15) is 9.90 Å². The van der Waals surface area contributed by atoms with E-state index in [2.05, 4.69) is 5.32 Å². The molecule has 2 N–H and O–H groups in total. The first-order chi connectivity index (χ1) is 11.0. The minimum atomic E-state index is -0.147. The molecule has 1 aromatic rings. The van der Waals surface area contributed by atoms with Gasteiger partial charge in [0.05, 0.1) is 6.10 Å². The third-order valence-corrected chi connectivity index (χ3v) is 4.86. The van der Waals surface area contributed by atoms with Crippen LogP contribution in [0.4, 0.5) is 0 Å². The van der Waals surface area contributed by atoms with Crippen molar-refractivity contribution in [1.29, 1.82) is 0 Å². The Balaban J connectivity index is 1.77. The summed E-state index contributed by atoms with van der Waals surface area (Å²) in [5.74, 6) is 0.112. The first-order valence-corrected chi connectivity index (χ1v) is 8.75. The van der Waals surface area contributed by atoms with Gasteiger partial charge < -0.3 is 15.3 Å². The standard InChI is InChI=1S/C18H27ClN2O2/c1-13(20-15-7-9-16(22)10-8-15)11-18(23)21(2)12-14-5-3-4-6-17(14)19/h3-6,13,15-16,20,22H,7-12H2,1-2H3. The molecule has 1 unspecified atom stereocenters. The molecule has 1 aromatic carbocycles. The number of carbonyl (C=O) groups excluding carboxylic acids is 1. The van der Waals surface area contributed by atoms with Gasteiger partial charge in [-0.1, -0.05) is 29.8 Å². The van der Waals surface area contributed by atoms with Crippen LogP contribution in [0.25, 0.3) is 0 Å². The van der Waals surface area contributed by atoms with Crippen molar-refractivity contribution in [1.82, 2.24) is 10.2 Å². The van der Waals surface area contributed by atoms with Crippen molar-refractivity contribution < 1.29 is 9.90 Å². The van der Waals surface area contributed by atoms with Crippen molar-refractivity contribution in [3.63, 3.8) is 0 Å². The van der Waals surface area contributed by atoms with Crippen LogP contribution in [-0.2, 0) is 11.3 Å². The average molecular weight is 339 g/mol. The second kappa shape index (κ2) is 8.67. The van der Waals surface area contributed by atoms with Crippen molar-refractivity contribution in [2.75, 3.05) is 7.05 Å². The van der Waals surface area contributed by atoms with Crippen molar-refractivity contribution >= 4 is 17.5 Å². The van der Waals surface area contributed by atoms with Crippen molar-refractivity contribution in [3.05, 3.63) is 34.9 Å². The summed E-state index contributed by atoms with van der Waals surface area (Å²) in [5.41, 5.74) is 0.965. The first kappa shape index (κ1) is 18.2. The summed E-state index contributed by atoms with van der Waals surface area (Å²) < 4.78 is 0. The highest BCUT2D eigenvalue weighted by Gasteiger charge is 2.22. The number of hydrogen-bond acceptors (Lipinski definition) is 3. The number of nitrogens with one attached hydrogen (secondary N) is 1. The van der Waals surface area contributed by atoms with Gasteiger partial charge in [-0.25, -0.2) is 0 Å². The Morgan fingerprint density at radius 2 is 2.00 bits per heavy atom. The number of benzene rings is 1. The molecular weight excluding hydrogens is 312 g/mol. The molecule has 0 aliphatic heterocycles. The van der Waals surface area contributed by atoms with Gasteiger partial charge >= 0.3 is 0 Å². The van der Waals surface area contributed by atoms with Crippen LogP contribution in [0, 0.1) is 0 Å². The molecule has 1 saturated carbocycles. The van der Waals surface area contributed by atoms with Gasteiger partial charge in [0, 0.05) is 37.1 Å². The second-order valence-electron chi connectivity index (χ2n) is 6.62. The Bertz CT molecular complexity index is 515. The highest BCUT2D eigenvalue weighted by Crippen LogP contribution is 2.20. The minimum absolute atomic E-state index is 0.112. The predicted molar refractivity (Wildman–Crippen MR) is 93.4 cm³/mol. The molecule has 1 amide bonds. The monoisotopic (exact) mass is 338 g/mol. The molecule has 5 heteroatoms. The number of amides is 1. The highest BCUT2D eigenvalue weighted by atomic mass is 35.5. The molecule has 0 spiro atoms. The van der Waals surface area contributed by atoms with Crippen LogP contribution >= 0.6 is 11.6 Å². The molecule has 0 radical (unpaired) electrons. The Kier molecular flexibility index (Phi) is 6.88. The number of carbonyl (C=O) groups is 1. The quantitative estimate of drug-likeness (QED) is 0.838. The normalized spacial score (nSPS) is 22.6. The number of rotatable bonds is 6. The van der Waals surface area contributed by atoms with Crippen LogP contribution < -0.4 is 5.32 Å². The lowest BCUT2D eigenvalue weighted by atomic mass is 9.92. The largest absolute Gasteiger partial charge is 0.393 e. The van der Waals surface area contributed by atoms with Crippen LogP contribution in [-0.4, -0.2) is 41.1 Å². The summed E-state index contributed by atoms with van der Waals surface area (Å²) in [6.07, 6.45) is 3.99. The number of nitrogens with zero attached hydrogens (tertiary/aromatic N) is 1. The lowest BCUT2D eigenvalue weighted by Gasteiger charge is -2.29. The van der Waals surface area contributed by atoms with E-state index in [0.29, 0.717) is 24.0 Å². The van der Waals surface area contributed by atoms with Gasteiger partial charge in [-0.2, -0.15) is 0 Å². The fourth-order valence-electron chi connectivity index (χ4n) is 3.09. The number of hydrogen-bond donors (Lipinski definition) is 2. The van der Waals surface area contributed by atoms with Gasteiger partial charge in [0.2, 0.25) is 5.91 Å². The zero-order valence-electron chi connectivity index (χ0n) is 14.0. The highest BCUT2D eigenvalue weighted by molar-refractivity contribution is 6.31. The average Bonchev–Trinajstić information content (AvgIpc) is 2.51. The van der Waals surface area contributed by atoms with E-state index in [-0.39, 0.29) is 18.1 Å². The van der Waals surface area contributed by atoms with Crippen LogP contribution in [0.3, 0.4) is 0 Å². The number of halogens is 1. The van der Waals surface area contributed by atoms with E-state index in [4.69, 9.17) is 11.6 Å². The summed E-state index contributed by atoms with van der Waals surface area (Å²) in [6.45, 7) is 2.58. The molecule has 1 fully saturated rings. The molecule has 0 bridgehead atoms. The van der Waals surface area contributed by atoms with Gasteiger partial charge in [-0.3, -0.25) is 4.79 Å². The smallest absolute Gasteiger partial charge is 0.224 e. The van der Waals surface area contributed by atoms with Crippen LogP contribution in [0.5, 0.6) is 0 Å². The second-order valence-corrected chi connectivity index (χ2v) is 7.03. The fourth-order valence-corrected chi connectivity index (χ4v) is 3.29. The first-order valence-electron chi connectivity index (χ1n) is 8.37. The zero-order valence-corrected chi connectivity index (χ0v) is 14.7.